The van der Waals surface area contributed by atoms with Crippen molar-refractivity contribution in [2.24, 2.45) is 0 Å². The largest absolute Gasteiger partial charge is 0.469 e. The van der Waals surface area contributed by atoms with Crippen molar-refractivity contribution in [3.63, 3.8) is 0 Å². The second kappa shape index (κ2) is 10.9. The Morgan fingerprint density at radius 2 is 1.87 bits per heavy atom. The summed E-state index contributed by atoms with van der Waals surface area (Å²) in [6.07, 6.45) is -6.20. The average molecular weight is 640 g/mol. The number of H-pyrrole nitrogens is 1. The van der Waals surface area contributed by atoms with Crippen LogP contribution >= 0.6 is 7.82 Å². The first-order valence-corrected chi connectivity index (χ1v) is 15.7. The van der Waals surface area contributed by atoms with Crippen LogP contribution in [0.25, 0.3) is 32.7 Å². The normalized spacial score (nSPS) is 27.0. The molecule has 2 aromatic heterocycles. The standard InChI is InChI=1S/C29H30N5O10P/c1-12-14-5-3-2-4-13(14)8-17-15(12)6-7-16-21(17)22(25(37)26(38)24(16)36)31-29-32-27-23(28(39)33-29)30-11-34(27)20-9-18(35)19(44-20)10-43-45(40,41)42/h2-8,11,18-20,22,24-26,35-38H,9-10H2,1H3,(H2,40,41,42)(H2,31,32,33,39)/t18?,19?,20?,22-,24+,25+,26-/m0/s1. The van der Waals surface area contributed by atoms with Gasteiger partial charge in [0.25, 0.3) is 5.56 Å². The van der Waals surface area contributed by atoms with E-state index in [2.05, 4.69) is 24.8 Å². The molecule has 45 heavy (non-hydrogen) atoms. The third kappa shape index (κ3) is 5.12. The van der Waals surface area contributed by atoms with Crippen molar-refractivity contribution in [1.29, 1.82) is 0 Å². The van der Waals surface area contributed by atoms with E-state index in [1.165, 1.54) is 10.9 Å². The number of benzene rings is 3. The number of hydrogen-bond donors (Lipinski definition) is 8. The monoisotopic (exact) mass is 639 g/mol. The van der Waals surface area contributed by atoms with Crippen molar-refractivity contribution >= 4 is 46.5 Å². The summed E-state index contributed by atoms with van der Waals surface area (Å²) in [5.41, 5.74) is 1.37. The van der Waals surface area contributed by atoms with Crippen molar-refractivity contribution in [2.45, 2.75) is 56.1 Å². The summed E-state index contributed by atoms with van der Waals surface area (Å²) in [6, 6.07) is 12.4. The van der Waals surface area contributed by atoms with Gasteiger partial charge in [-0.3, -0.25) is 18.9 Å². The number of nitrogens with one attached hydrogen (secondary N) is 2. The predicted molar refractivity (Wildman–Crippen MR) is 160 cm³/mol. The molecule has 5 aromatic rings. The Hall–Kier alpha value is -3.76. The predicted octanol–water partition coefficient (Wildman–Crippen LogP) is 1.41. The van der Waals surface area contributed by atoms with Gasteiger partial charge >= 0.3 is 7.82 Å². The molecule has 7 atom stereocenters. The lowest BCUT2D eigenvalue weighted by Gasteiger charge is -2.38. The molecular weight excluding hydrogens is 609 g/mol. The van der Waals surface area contributed by atoms with Crippen LogP contribution in [0.4, 0.5) is 5.95 Å². The van der Waals surface area contributed by atoms with E-state index in [-0.39, 0.29) is 23.5 Å². The molecule has 8 N–H and O–H groups in total. The Morgan fingerprint density at radius 1 is 1.09 bits per heavy atom. The molecule has 236 valence electrons. The van der Waals surface area contributed by atoms with E-state index in [4.69, 9.17) is 14.5 Å². The Morgan fingerprint density at radius 3 is 2.64 bits per heavy atom. The molecule has 3 heterocycles. The Kier molecular flexibility index (Phi) is 7.28. The van der Waals surface area contributed by atoms with Gasteiger partial charge in [0.1, 0.15) is 30.6 Å². The summed E-state index contributed by atoms with van der Waals surface area (Å²) in [5.74, 6) is -0.0673. The number of fused-ring (bicyclic) bond motifs is 5. The molecule has 0 radical (unpaired) electrons. The van der Waals surface area contributed by atoms with Crippen molar-refractivity contribution in [3.8, 4) is 0 Å². The van der Waals surface area contributed by atoms with Gasteiger partial charge in [0.2, 0.25) is 5.95 Å². The van der Waals surface area contributed by atoms with Crippen molar-refractivity contribution in [1.82, 2.24) is 19.5 Å². The fourth-order valence-electron chi connectivity index (χ4n) is 6.46. The lowest BCUT2D eigenvalue weighted by atomic mass is 9.78. The number of nitrogens with zero attached hydrogens (tertiary/aromatic N) is 3. The first kappa shape index (κ1) is 29.9. The molecule has 1 aliphatic carbocycles. The minimum atomic E-state index is -4.79. The molecule has 3 unspecified atom stereocenters. The zero-order chi connectivity index (χ0) is 31.8. The van der Waals surface area contributed by atoms with Gasteiger partial charge in [-0.25, -0.2) is 9.55 Å². The highest BCUT2D eigenvalue weighted by Gasteiger charge is 2.42. The molecule has 0 amide bonds. The summed E-state index contributed by atoms with van der Waals surface area (Å²) >= 11 is 0. The van der Waals surface area contributed by atoms with Crippen molar-refractivity contribution in [3.05, 3.63) is 75.8 Å². The van der Waals surface area contributed by atoms with Gasteiger partial charge in [-0.05, 0) is 51.2 Å². The highest BCUT2D eigenvalue weighted by atomic mass is 31.2. The number of aromatic amines is 1. The molecule has 1 fully saturated rings. The minimum absolute atomic E-state index is 0.00399. The van der Waals surface area contributed by atoms with Crippen molar-refractivity contribution < 1.29 is 44.0 Å². The summed E-state index contributed by atoms with van der Waals surface area (Å²) in [7, 11) is -4.79. The topological polar surface area (TPSA) is 233 Å². The number of rotatable bonds is 6. The van der Waals surface area contributed by atoms with Gasteiger partial charge in [0.15, 0.2) is 11.2 Å². The average Bonchev–Trinajstić information content (AvgIpc) is 3.60. The molecule has 0 spiro atoms. The van der Waals surface area contributed by atoms with Crippen LogP contribution in [-0.2, 0) is 13.8 Å². The summed E-state index contributed by atoms with van der Waals surface area (Å²) < 4.78 is 22.8. The first-order chi connectivity index (χ1) is 21.4. The number of ether oxygens (including phenoxy) is 1. The van der Waals surface area contributed by atoms with Gasteiger partial charge in [-0.2, -0.15) is 4.98 Å². The number of aliphatic hydroxyl groups is 4. The van der Waals surface area contributed by atoms with Crippen LogP contribution in [0.15, 0.2) is 53.6 Å². The lowest BCUT2D eigenvalue weighted by molar-refractivity contribution is -0.0767. The van der Waals surface area contributed by atoms with E-state index in [0.29, 0.717) is 11.1 Å². The molecule has 3 aromatic carbocycles. The quantitative estimate of drug-likeness (QED) is 0.0971. The Labute approximate surface area is 254 Å². The van der Waals surface area contributed by atoms with Crippen LogP contribution in [0.1, 0.15) is 41.5 Å². The van der Waals surface area contributed by atoms with E-state index in [1.807, 2.05) is 43.3 Å². The number of phosphoric ester groups is 1. The fourth-order valence-corrected chi connectivity index (χ4v) is 6.80. The lowest BCUT2D eigenvalue weighted by Crippen LogP contribution is -2.44. The van der Waals surface area contributed by atoms with E-state index in [1.54, 1.807) is 6.07 Å². The number of aryl methyl sites for hydroxylation is 1. The van der Waals surface area contributed by atoms with Gasteiger partial charge in [0, 0.05) is 6.42 Å². The molecule has 1 aliphatic heterocycles. The Balaban J connectivity index is 1.29. The highest BCUT2D eigenvalue weighted by molar-refractivity contribution is 7.46. The van der Waals surface area contributed by atoms with Crippen LogP contribution in [0.3, 0.4) is 0 Å². The number of imidazole rings is 1. The molecule has 2 aliphatic rings. The Bertz CT molecular complexity index is 2060. The van der Waals surface area contributed by atoms with Crippen molar-refractivity contribution in [2.75, 3.05) is 11.9 Å². The number of phosphoric acid groups is 1. The van der Waals surface area contributed by atoms with Crippen LogP contribution in [-0.4, -0.2) is 80.8 Å². The number of hydrogen-bond acceptors (Lipinski definition) is 11. The van der Waals surface area contributed by atoms with E-state index < -0.39 is 62.8 Å². The van der Waals surface area contributed by atoms with Crippen LogP contribution in [0.5, 0.6) is 0 Å². The third-order valence-corrected chi connectivity index (χ3v) is 9.17. The maximum atomic E-state index is 13.1. The zero-order valence-electron chi connectivity index (χ0n) is 23.7. The minimum Gasteiger partial charge on any atom is -0.390 e. The number of aromatic nitrogens is 4. The molecular formula is C29H30N5O10P. The SMILES string of the molecule is Cc1c2ccccc2cc2c3c(ccc12)[C@@H](O)[C@H](O)[C@H](O)[C@H]3Nc1nc2c(ncn2C2CC(O)C(COP(=O)(O)O)O2)c(=O)[nH]1. The van der Waals surface area contributed by atoms with Gasteiger partial charge in [0.05, 0.1) is 25.1 Å². The summed E-state index contributed by atoms with van der Waals surface area (Å²) in [5, 5.41) is 50.2. The van der Waals surface area contributed by atoms with E-state index in [0.717, 1.165) is 27.1 Å². The summed E-state index contributed by atoms with van der Waals surface area (Å²) in [4.78, 5) is 42.4. The van der Waals surface area contributed by atoms with Gasteiger partial charge in [-0.1, -0.05) is 36.4 Å². The number of aliphatic hydroxyl groups excluding tert-OH is 4. The number of anilines is 1. The van der Waals surface area contributed by atoms with Crippen LogP contribution < -0.4 is 10.9 Å². The molecule has 15 nitrogen and oxygen atoms in total. The maximum Gasteiger partial charge on any atom is 0.469 e. The van der Waals surface area contributed by atoms with Crippen LogP contribution in [0.2, 0.25) is 0 Å². The fraction of sp³-hybridized carbons (Fsp3) is 0.345. The maximum absolute atomic E-state index is 13.1. The van der Waals surface area contributed by atoms with Gasteiger partial charge in [-0.15, -0.1) is 0 Å². The molecule has 0 saturated carbocycles. The molecule has 16 heteroatoms. The van der Waals surface area contributed by atoms with Gasteiger partial charge < -0.3 is 40.3 Å². The summed E-state index contributed by atoms with van der Waals surface area (Å²) in [6.45, 7) is 1.42. The van der Waals surface area contributed by atoms with Crippen LogP contribution in [0, 0.1) is 6.92 Å². The molecule has 1 saturated heterocycles. The molecule has 0 bridgehead atoms. The van der Waals surface area contributed by atoms with E-state index >= 15 is 0 Å². The smallest absolute Gasteiger partial charge is 0.390 e. The second-order valence-corrected chi connectivity index (χ2v) is 12.6. The second-order valence-electron chi connectivity index (χ2n) is 11.4. The first-order valence-electron chi connectivity index (χ1n) is 14.2. The highest BCUT2D eigenvalue weighted by Crippen LogP contribution is 2.44. The zero-order valence-corrected chi connectivity index (χ0v) is 24.6. The third-order valence-electron chi connectivity index (χ3n) is 8.68. The molecule has 7 rings (SSSR count). The van der Waals surface area contributed by atoms with E-state index in [9.17, 15) is 29.8 Å².